The number of carbonyl (C=O) groups excluding carboxylic acids is 1. The van der Waals surface area contributed by atoms with Crippen molar-refractivity contribution in [3.05, 3.63) is 90.0 Å². The SMILES string of the molecule is C=C(/C=C\C(=C/C)OC)[C@@]12Oc3cc(OC)cnc3[C@]1(O)[C@H](O)[C@H](C(=O)N(C)C)[C@H]2c1ccccc1. The number of aliphatic hydroxyl groups is 2. The van der Waals surface area contributed by atoms with Crippen LogP contribution in [-0.2, 0) is 15.1 Å². The lowest BCUT2D eigenvalue weighted by atomic mass is 9.71. The number of carbonyl (C=O) groups is 1. The first-order chi connectivity index (χ1) is 17.2. The van der Waals surface area contributed by atoms with E-state index in [2.05, 4.69) is 11.6 Å². The van der Waals surface area contributed by atoms with Gasteiger partial charge in [0.15, 0.2) is 11.2 Å². The first-order valence-corrected chi connectivity index (χ1v) is 11.6. The topological polar surface area (TPSA) is 101 Å². The second kappa shape index (κ2) is 9.44. The summed E-state index contributed by atoms with van der Waals surface area (Å²) in [6.07, 6.45) is 5.06. The summed E-state index contributed by atoms with van der Waals surface area (Å²) >= 11 is 0. The average molecular weight is 493 g/mol. The van der Waals surface area contributed by atoms with Crippen LogP contribution in [0.25, 0.3) is 0 Å². The second-order valence-corrected chi connectivity index (χ2v) is 9.17. The first kappa shape index (κ1) is 25.5. The highest BCUT2D eigenvalue weighted by atomic mass is 16.5. The molecule has 1 aliphatic carbocycles. The van der Waals surface area contributed by atoms with E-state index in [0.29, 0.717) is 22.6 Å². The molecule has 0 saturated heterocycles. The van der Waals surface area contributed by atoms with Gasteiger partial charge in [-0.15, -0.1) is 0 Å². The number of aromatic nitrogens is 1. The van der Waals surface area contributed by atoms with Gasteiger partial charge in [0, 0.05) is 26.1 Å². The van der Waals surface area contributed by atoms with Gasteiger partial charge >= 0.3 is 0 Å². The minimum Gasteiger partial charge on any atom is -0.497 e. The number of allylic oxidation sites excluding steroid dienone is 2. The predicted molar refractivity (Wildman–Crippen MR) is 134 cm³/mol. The molecule has 2 aromatic rings. The molecule has 190 valence electrons. The number of methoxy groups -OCH3 is 2. The summed E-state index contributed by atoms with van der Waals surface area (Å²) in [6.45, 7) is 6.11. The van der Waals surface area contributed by atoms with Gasteiger partial charge in [0.05, 0.1) is 26.3 Å². The van der Waals surface area contributed by atoms with Crippen molar-refractivity contribution in [2.45, 2.75) is 30.1 Å². The molecule has 1 amide bonds. The van der Waals surface area contributed by atoms with Crippen molar-refractivity contribution in [3.63, 3.8) is 0 Å². The monoisotopic (exact) mass is 492 g/mol. The average Bonchev–Trinajstić information content (AvgIpc) is 3.26. The molecule has 1 aromatic carbocycles. The Hall–Kier alpha value is -3.62. The van der Waals surface area contributed by atoms with Gasteiger partial charge in [0.1, 0.15) is 29.1 Å². The Morgan fingerprint density at radius 2 is 1.92 bits per heavy atom. The van der Waals surface area contributed by atoms with Crippen molar-refractivity contribution in [1.82, 2.24) is 9.88 Å². The van der Waals surface area contributed by atoms with Crippen molar-refractivity contribution < 1.29 is 29.2 Å². The minimum atomic E-state index is -2.09. The van der Waals surface area contributed by atoms with Gasteiger partial charge < -0.3 is 29.3 Å². The summed E-state index contributed by atoms with van der Waals surface area (Å²) in [6, 6.07) is 10.9. The predicted octanol–water partition coefficient (Wildman–Crippen LogP) is 2.93. The lowest BCUT2D eigenvalue weighted by Crippen LogP contribution is -2.55. The number of fused-ring (bicyclic) bond motifs is 3. The second-order valence-electron chi connectivity index (χ2n) is 9.17. The highest BCUT2D eigenvalue weighted by Crippen LogP contribution is 2.66. The van der Waals surface area contributed by atoms with E-state index in [0.717, 1.165) is 0 Å². The zero-order chi connectivity index (χ0) is 26.3. The molecule has 1 aromatic heterocycles. The largest absolute Gasteiger partial charge is 0.497 e. The van der Waals surface area contributed by atoms with E-state index in [4.69, 9.17) is 14.2 Å². The van der Waals surface area contributed by atoms with Crippen LogP contribution in [0.4, 0.5) is 0 Å². The van der Waals surface area contributed by atoms with Gasteiger partial charge in [-0.1, -0.05) is 43.0 Å². The highest BCUT2D eigenvalue weighted by Gasteiger charge is 2.78. The molecule has 1 aliphatic heterocycles. The molecule has 2 aliphatic rings. The van der Waals surface area contributed by atoms with Crippen LogP contribution >= 0.6 is 0 Å². The van der Waals surface area contributed by atoms with Gasteiger partial charge in [-0.25, -0.2) is 0 Å². The van der Waals surface area contributed by atoms with Crippen LogP contribution in [0, 0.1) is 5.92 Å². The van der Waals surface area contributed by atoms with E-state index in [9.17, 15) is 15.0 Å². The van der Waals surface area contributed by atoms with Crippen molar-refractivity contribution >= 4 is 5.91 Å². The number of hydrogen-bond acceptors (Lipinski definition) is 7. The zero-order valence-electron chi connectivity index (χ0n) is 21.1. The molecular weight excluding hydrogens is 460 g/mol. The Labute approximate surface area is 211 Å². The molecular formula is C28H32N2O6. The molecule has 8 nitrogen and oxygen atoms in total. The molecule has 5 atom stereocenters. The number of pyridine rings is 1. The summed E-state index contributed by atoms with van der Waals surface area (Å²) in [4.78, 5) is 19.4. The van der Waals surface area contributed by atoms with Crippen LogP contribution in [0.2, 0.25) is 0 Å². The molecule has 0 spiro atoms. The number of benzene rings is 1. The van der Waals surface area contributed by atoms with E-state index >= 15 is 0 Å². The van der Waals surface area contributed by atoms with Crippen molar-refractivity contribution in [1.29, 1.82) is 0 Å². The highest BCUT2D eigenvalue weighted by molar-refractivity contribution is 5.83. The Bertz CT molecular complexity index is 1220. The maximum absolute atomic E-state index is 13.5. The molecule has 36 heavy (non-hydrogen) atoms. The molecule has 2 N–H and O–H groups in total. The first-order valence-electron chi connectivity index (χ1n) is 11.6. The molecule has 1 fully saturated rings. The Kier molecular flexibility index (Phi) is 6.68. The standard InChI is InChI=1S/C28H32N2O6/c1-7-19(34-5)14-13-17(2)28-23(18-11-9-8-10-12-18)22(26(32)30(3)4)25(31)27(28,33)24-21(36-28)15-20(35-6)16-29-24/h7-16,22-23,25,31,33H,2H2,1,3-6H3/b14-13-,19-7+/t22-,23-,25-,27+,28+/m1/s1. The fourth-order valence-corrected chi connectivity index (χ4v) is 5.46. The van der Waals surface area contributed by atoms with Crippen molar-refractivity contribution in [3.8, 4) is 11.5 Å². The van der Waals surface area contributed by atoms with Crippen molar-refractivity contribution in [2.75, 3.05) is 28.3 Å². The van der Waals surface area contributed by atoms with E-state index in [1.165, 1.54) is 18.2 Å². The summed E-state index contributed by atoms with van der Waals surface area (Å²) in [7, 11) is 6.28. The molecule has 0 bridgehead atoms. The van der Waals surface area contributed by atoms with Crippen LogP contribution < -0.4 is 9.47 Å². The summed E-state index contributed by atoms with van der Waals surface area (Å²) < 4.78 is 17.3. The van der Waals surface area contributed by atoms with Crippen LogP contribution in [0.15, 0.2) is 78.7 Å². The lowest BCUT2D eigenvalue weighted by Gasteiger charge is -2.40. The molecule has 0 unspecified atom stereocenters. The van der Waals surface area contributed by atoms with Crippen LogP contribution in [0.1, 0.15) is 24.1 Å². The summed E-state index contributed by atoms with van der Waals surface area (Å²) in [5, 5.41) is 24.2. The van der Waals surface area contributed by atoms with E-state index in [1.54, 1.807) is 45.5 Å². The Morgan fingerprint density at radius 3 is 2.50 bits per heavy atom. The normalized spacial score (nSPS) is 28.9. The summed E-state index contributed by atoms with van der Waals surface area (Å²) in [5.41, 5.74) is -2.57. The molecule has 2 heterocycles. The molecule has 4 rings (SSSR count). The Balaban J connectivity index is 2.03. The zero-order valence-corrected chi connectivity index (χ0v) is 21.1. The van der Waals surface area contributed by atoms with Crippen molar-refractivity contribution in [2.24, 2.45) is 5.92 Å². The minimum absolute atomic E-state index is 0.123. The van der Waals surface area contributed by atoms with Crippen LogP contribution in [-0.4, -0.2) is 66.0 Å². The Morgan fingerprint density at radius 1 is 1.22 bits per heavy atom. The van der Waals surface area contributed by atoms with E-state index in [-0.39, 0.29) is 17.4 Å². The third-order valence-electron chi connectivity index (χ3n) is 7.16. The smallest absolute Gasteiger partial charge is 0.228 e. The van der Waals surface area contributed by atoms with Gasteiger partial charge in [-0.2, -0.15) is 0 Å². The maximum Gasteiger partial charge on any atom is 0.228 e. The fraction of sp³-hybridized carbons (Fsp3) is 0.357. The number of aliphatic hydroxyl groups excluding tert-OH is 1. The van der Waals surface area contributed by atoms with Gasteiger partial charge in [-0.3, -0.25) is 9.78 Å². The van der Waals surface area contributed by atoms with Gasteiger partial charge in [0.25, 0.3) is 0 Å². The van der Waals surface area contributed by atoms with Crippen LogP contribution in [0.5, 0.6) is 11.5 Å². The quantitative estimate of drug-likeness (QED) is 0.453. The fourth-order valence-electron chi connectivity index (χ4n) is 5.46. The van der Waals surface area contributed by atoms with Gasteiger partial charge in [-0.05, 0) is 30.2 Å². The lowest BCUT2D eigenvalue weighted by molar-refractivity contribution is -0.146. The number of rotatable bonds is 7. The number of nitrogens with zero attached hydrogens (tertiary/aromatic N) is 2. The molecule has 0 radical (unpaired) electrons. The van der Waals surface area contributed by atoms with Crippen LogP contribution in [0.3, 0.4) is 0 Å². The van der Waals surface area contributed by atoms with E-state index < -0.39 is 29.1 Å². The third kappa shape index (κ3) is 3.51. The third-order valence-corrected chi connectivity index (χ3v) is 7.16. The van der Waals surface area contributed by atoms with E-state index in [1.807, 2.05) is 37.3 Å². The number of hydrogen-bond donors (Lipinski definition) is 2. The molecule has 8 heteroatoms. The number of amides is 1. The van der Waals surface area contributed by atoms with Gasteiger partial charge in [0.2, 0.25) is 5.91 Å². The molecule has 1 saturated carbocycles. The number of ether oxygens (including phenoxy) is 3. The summed E-state index contributed by atoms with van der Waals surface area (Å²) in [5.74, 6) is -0.945. The maximum atomic E-state index is 13.5.